The van der Waals surface area contributed by atoms with Crippen LogP contribution in [-0.4, -0.2) is 26.2 Å². The van der Waals surface area contributed by atoms with Crippen molar-refractivity contribution in [1.29, 1.82) is 0 Å². The molecule has 0 spiro atoms. The smallest absolute Gasteiger partial charge is 0.255 e. The van der Waals surface area contributed by atoms with Gasteiger partial charge in [0.1, 0.15) is 0 Å². The minimum atomic E-state index is -0.692. The second-order valence-electron chi connectivity index (χ2n) is 3.85. The van der Waals surface area contributed by atoms with E-state index in [1.54, 1.807) is 31.8 Å². The van der Waals surface area contributed by atoms with E-state index in [1.807, 2.05) is 0 Å². The van der Waals surface area contributed by atoms with Crippen molar-refractivity contribution in [1.82, 2.24) is 15.1 Å². The van der Waals surface area contributed by atoms with Gasteiger partial charge < -0.3 is 11.1 Å². The van der Waals surface area contributed by atoms with Crippen molar-refractivity contribution in [2.45, 2.75) is 19.4 Å². The Morgan fingerprint density at radius 2 is 2.27 bits per heavy atom. The van der Waals surface area contributed by atoms with Crippen LogP contribution in [0, 0.1) is 0 Å². The molecule has 1 heterocycles. The summed E-state index contributed by atoms with van der Waals surface area (Å²) in [4.78, 5) is 11.9. The molecule has 6 heteroatoms. The first-order valence-corrected chi connectivity index (χ1v) is 4.85. The van der Waals surface area contributed by atoms with Crippen molar-refractivity contribution < 1.29 is 4.79 Å². The highest BCUT2D eigenvalue weighted by molar-refractivity contribution is 7.80. The number of aryl methyl sites for hydroxylation is 1. The number of carbonyl (C=O) groups excluding carboxylic acids is 1. The van der Waals surface area contributed by atoms with Crippen LogP contribution in [0.3, 0.4) is 0 Å². The molecule has 0 aromatic carbocycles. The van der Waals surface area contributed by atoms with Gasteiger partial charge in [0.05, 0.1) is 22.3 Å². The lowest BCUT2D eigenvalue weighted by atomic mass is 10.1. The minimum Gasteiger partial charge on any atom is -0.391 e. The van der Waals surface area contributed by atoms with Crippen molar-refractivity contribution >= 4 is 23.1 Å². The maximum Gasteiger partial charge on any atom is 0.255 e. The Labute approximate surface area is 93.6 Å². The molecule has 0 radical (unpaired) electrons. The molecule has 1 aromatic heterocycles. The van der Waals surface area contributed by atoms with E-state index in [1.165, 1.54) is 6.20 Å². The molecule has 0 aliphatic rings. The van der Waals surface area contributed by atoms with Crippen molar-refractivity contribution in [2.75, 3.05) is 0 Å². The number of aromatic nitrogens is 2. The number of amides is 1. The summed E-state index contributed by atoms with van der Waals surface area (Å²) in [5.74, 6) is -0.235. The highest BCUT2D eigenvalue weighted by atomic mass is 32.1. The van der Waals surface area contributed by atoms with Gasteiger partial charge in [-0.3, -0.25) is 9.48 Å². The third-order valence-corrected chi connectivity index (χ3v) is 2.52. The summed E-state index contributed by atoms with van der Waals surface area (Å²) < 4.78 is 1.56. The molecular weight excluding hydrogens is 212 g/mol. The lowest BCUT2D eigenvalue weighted by Gasteiger charge is -2.24. The average molecular weight is 226 g/mol. The molecule has 15 heavy (non-hydrogen) atoms. The molecule has 82 valence electrons. The summed E-state index contributed by atoms with van der Waals surface area (Å²) in [6.07, 6.45) is 3.12. The topological polar surface area (TPSA) is 72.9 Å². The Balaban J connectivity index is 2.76. The molecule has 1 aromatic rings. The number of hydrogen-bond donors (Lipinski definition) is 2. The Hall–Kier alpha value is -1.43. The fraction of sp³-hybridized carbons (Fsp3) is 0.444. The van der Waals surface area contributed by atoms with Crippen LogP contribution < -0.4 is 11.1 Å². The van der Waals surface area contributed by atoms with Gasteiger partial charge in [0.2, 0.25) is 0 Å². The molecule has 0 saturated heterocycles. The van der Waals surface area contributed by atoms with Gasteiger partial charge in [-0.15, -0.1) is 0 Å². The van der Waals surface area contributed by atoms with Crippen LogP contribution in [0.2, 0.25) is 0 Å². The van der Waals surface area contributed by atoms with Gasteiger partial charge in [-0.2, -0.15) is 5.10 Å². The van der Waals surface area contributed by atoms with Crippen LogP contribution in [0.5, 0.6) is 0 Å². The zero-order valence-electron chi connectivity index (χ0n) is 8.94. The van der Waals surface area contributed by atoms with E-state index in [-0.39, 0.29) is 10.9 Å². The van der Waals surface area contributed by atoms with Crippen LogP contribution in [0.25, 0.3) is 0 Å². The third-order valence-electron chi connectivity index (χ3n) is 2.01. The summed E-state index contributed by atoms with van der Waals surface area (Å²) in [5, 5.41) is 6.63. The first kappa shape index (κ1) is 11.6. The van der Waals surface area contributed by atoms with Crippen molar-refractivity contribution in [3.05, 3.63) is 18.0 Å². The van der Waals surface area contributed by atoms with Crippen LogP contribution in [0.4, 0.5) is 0 Å². The maximum atomic E-state index is 11.7. The van der Waals surface area contributed by atoms with Crippen molar-refractivity contribution in [3.63, 3.8) is 0 Å². The maximum absolute atomic E-state index is 11.7. The number of nitrogens with zero attached hydrogens (tertiary/aromatic N) is 2. The van der Waals surface area contributed by atoms with Crippen LogP contribution in [-0.2, 0) is 7.05 Å². The molecule has 0 fully saturated rings. The molecule has 0 saturated carbocycles. The Morgan fingerprint density at radius 1 is 1.67 bits per heavy atom. The van der Waals surface area contributed by atoms with E-state index in [0.29, 0.717) is 5.56 Å². The molecular formula is C9H14N4OS. The molecule has 0 aliphatic carbocycles. The standard InChI is InChI=1S/C9H14N4OS/c1-9(2,8(10)15)12-7(14)6-4-11-13(3)5-6/h4-5H,1-3H3,(H2,10,15)(H,12,14). The normalized spacial score (nSPS) is 11.1. The van der Waals surface area contributed by atoms with Crippen molar-refractivity contribution in [2.24, 2.45) is 12.8 Å². The second-order valence-corrected chi connectivity index (χ2v) is 4.29. The van der Waals surface area contributed by atoms with E-state index < -0.39 is 5.54 Å². The molecule has 5 nitrogen and oxygen atoms in total. The number of nitrogens with one attached hydrogen (secondary N) is 1. The molecule has 0 atom stereocenters. The quantitative estimate of drug-likeness (QED) is 0.723. The van der Waals surface area contributed by atoms with Crippen LogP contribution in [0.1, 0.15) is 24.2 Å². The average Bonchev–Trinajstić information content (AvgIpc) is 2.50. The van der Waals surface area contributed by atoms with Gasteiger partial charge >= 0.3 is 0 Å². The van der Waals surface area contributed by atoms with Gasteiger partial charge in [0.15, 0.2) is 0 Å². The summed E-state index contributed by atoms with van der Waals surface area (Å²) >= 11 is 4.85. The van der Waals surface area contributed by atoms with Gasteiger partial charge in [-0.05, 0) is 13.8 Å². The number of carbonyl (C=O) groups is 1. The largest absolute Gasteiger partial charge is 0.391 e. The minimum absolute atomic E-state index is 0.235. The predicted octanol–water partition coefficient (Wildman–Crippen LogP) is 0.215. The van der Waals surface area contributed by atoms with Gasteiger partial charge in [0.25, 0.3) is 5.91 Å². The summed E-state index contributed by atoms with van der Waals surface area (Å²) in [6, 6.07) is 0. The highest BCUT2D eigenvalue weighted by Crippen LogP contribution is 2.05. The zero-order valence-corrected chi connectivity index (χ0v) is 9.76. The van der Waals surface area contributed by atoms with Gasteiger partial charge in [-0.25, -0.2) is 0 Å². The van der Waals surface area contributed by atoms with E-state index in [9.17, 15) is 4.79 Å². The van der Waals surface area contributed by atoms with Crippen LogP contribution in [0.15, 0.2) is 12.4 Å². The molecule has 3 N–H and O–H groups in total. The fourth-order valence-electron chi connectivity index (χ4n) is 0.956. The van der Waals surface area contributed by atoms with E-state index in [0.717, 1.165) is 0 Å². The summed E-state index contributed by atoms with van der Waals surface area (Å²) in [6.45, 7) is 3.51. The zero-order chi connectivity index (χ0) is 11.6. The Kier molecular flexibility index (Phi) is 3.09. The van der Waals surface area contributed by atoms with E-state index in [2.05, 4.69) is 10.4 Å². The number of rotatable bonds is 3. The number of hydrogen-bond acceptors (Lipinski definition) is 3. The van der Waals surface area contributed by atoms with Gasteiger partial charge in [-0.1, -0.05) is 12.2 Å². The lowest BCUT2D eigenvalue weighted by Crippen LogP contribution is -2.52. The molecule has 0 bridgehead atoms. The number of nitrogens with two attached hydrogens (primary N) is 1. The molecule has 1 amide bonds. The first-order valence-electron chi connectivity index (χ1n) is 4.44. The number of thiocarbonyl (C=S) groups is 1. The molecule has 0 aliphatic heterocycles. The van der Waals surface area contributed by atoms with E-state index in [4.69, 9.17) is 18.0 Å². The summed E-state index contributed by atoms with van der Waals surface area (Å²) in [7, 11) is 1.75. The highest BCUT2D eigenvalue weighted by Gasteiger charge is 2.24. The monoisotopic (exact) mass is 226 g/mol. The molecule has 0 unspecified atom stereocenters. The van der Waals surface area contributed by atoms with E-state index >= 15 is 0 Å². The third kappa shape index (κ3) is 2.76. The van der Waals surface area contributed by atoms with Crippen LogP contribution >= 0.6 is 12.2 Å². The predicted molar refractivity (Wildman–Crippen MR) is 61.5 cm³/mol. The Bertz CT molecular complexity index is 397. The summed E-state index contributed by atoms with van der Waals surface area (Å²) in [5.41, 5.74) is 5.29. The molecule has 1 rings (SSSR count). The SMILES string of the molecule is Cn1cc(C(=O)NC(C)(C)C(N)=S)cn1. The van der Waals surface area contributed by atoms with Crippen molar-refractivity contribution in [3.8, 4) is 0 Å². The lowest BCUT2D eigenvalue weighted by molar-refractivity contribution is 0.0932. The Morgan fingerprint density at radius 3 is 2.67 bits per heavy atom. The first-order chi connectivity index (χ1) is 6.83. The fourth-order valence-corrected chi connectivity index (χ4v) is 1.01. The van der Waals surface area contributed by atoms with Gasteiger partial charge in [0, 0.05) is 13.2 Å². The second kappa shape index (κ2) is 3.98.